The molecule has 0 bridgehead atoms. The Hall–Kier alpha value is -1.71. The molecule has 0 fully saturated rings. The summed E-state index contributed by atoms with van der Waals surface area (Å²) < 4.78 is 5.52. The number of aryl methyl sites for hydroxylation is 1. The molecule has 1 N–H and O–H groups in total. The Morgan fingerprint density at radius 2 is 1.65 bits per heavy atom. The first-order valence-electron chi connectivity index (χ1n) is 8.36. The maximum absolute atomic E-state index is 12.4. The van der Waals surface area contributed by atoms with Crippen LogP contribution in [0.3, 0.4) is 0 Å². The molecule has 0 spiro atoms. The van der Waals surface area contributed by atoms with Gasteiger partial charge in [-0.25, -0.2) is 4.79 Å². The minimum atomic E-state index is -0.482. The lowest BCUT2D eigenvalue weighted by molar-refractivity contribution is 0.00749. The predicted molar refractivity (Wildman–Crippen MR) is 97.0 cm³/mol. The zero-order valence-electron chi connectivity index (χ0n) is 15.7. The Morgan fingerprint density at radius 1 is 1.09 bits per heavy atom. The molecule has 1 aromatic rings. The number of rotatable bonds is 5. The van der Waals surface area contributed by atoms with E-state index in [9.17, 15) is 4.79 Å². The lowest BCUT2D eigenvalue weighted by atomic mass is 10.1. The zero-order chi connectivity index (χ0) is 17.7. The van der Waals surface area contributed by atoms with E-state index in [-0.39, 0.29) is 11.6 Å². The van der Waals surface area contributed by atoms with Crippen molar-refractivity contribution in [3.05, 3.63) is 29.8 Å². The van der Waals surface area contributed by atoms with Crippen LogP contribution in [-0.2, 0) is 11.2 Å². The van der Waals surface area contributed by atoms with Gasteiger partial charge in [-0.2, -0.15) is 0 Å². The molecule has 1 rings (SSSR count). The van der Waals surface area contributed by atoms with E-state index in [1.165, 1.54) is 5.56 Å². The van der Waals surface area contributed by atoms with E-state index in [0.29, 0.717) is 13.1 Å². The molecule has 4 nitrogen and oxygen atoms in total. The highest BCUT2D eigenvalue weighted by Gasteiger charge is 2.30. The molecule has 0 aliphatic heterocycles. The summed E-state index contributed by atoms with van der Waals surface area (Å²) in [7, 11) is 0. The van der Waals surface area contributed by atoms with Crippen LogP contribution in [0.5, 0.6) is 0 Å². The largest absolute Gasteiger partial charge is 0.444 e. The molecule has 1 amide bonds. The van der Waals surface area contributed by atoms with Crippen molar-refractivity contribution in [2.24, 2.45) is 0 Å². The average Bonchev–Trinajstić information content (AvgIpc) is 2.40. The van der Waals surface area contributed by atoms with Crippen LogP contribution in [0.15, 0.2) is 24.3 Å². The second-order valence-electron chi connectivity index (χ2n) is 7.78. The lowest BCUT2D eigenvalue weighted by Crippen LogP contribution is -2.49. The van der Waals surface area contributed by atoms with Gasteiger partial charge in [-0.05, 0) is 65.7 Å². The number of hydrogen-bond donors (Lipinski definition) is 1. The molecular weight excluding hydrogens is 288 g/mol. The van der Waals surface area contributed by atoms with Crippen molar-refractivity contribution in [2.75, 3.05) is 18.4 Å². The van der Waals surface area contributed by atoms with Gasteiger partial charge >= 0.3 is 6.09 Å². The summed E-state index contributed by atoms with van der Waals surface area (Å²) in [5.74, 6) is 0. The Labute approximate surface area is 141 Å². The second-order valence-corrected chi connectivity index (χ2v) is 7.78. The maximum Gasteiger partial charge on any atom is 0.410 e. The van der Waals surface area contributed by atoms with Crippen LogP contribution < -0.4 is 5.32 Å². The normalized spacial score (nSPS) is 12.0. The van der Waals surface area contributed by atoms with Gasteiger partial charge < -0.3 is 15.0 Å². The van der Waals surface area contributed by atoms with Gasteiger partial charge in [-0.15, -0.1) is 0 Å². The van der Waals surface area contributed by atoms with Crippen LogP contribution in [0.25, 0.3) is 0 Å². The van der Waals surface area contributed by atoms with Crippen molar-refractivity contribution in [1.29, 1.82) is 0 Å². The van der Waals surface area contributed by atoms with Crippen molar-refractivity contribution in [3.8, 4) is 0 Å². The molecule has 4 heteroatoms. The van der Waals surface area contributed by atoms with Crippen LogP contribution in [0.1, 0.15) is 54.0 Å². The second kappa shape index (κ2) is 7.71. The van der Waals surface area contributed by atoms with Gasteiger partial charge in [0.05, 0.1) is 0 Å². The van der Waals surface area contributed by atoms with Crippen LogP contribution in [0.4, 0.5) is 10.5 Å². The zero-order valence-corrected chi connectivity index (χ0v) is 15.7. The topological polar surface area (TPSA) is 41.6 Å². The highest BCUT2D eigenvalue weighted by Crippen LogP contribution is 2.18. The molecule has 0 saturated carbocycles. The number of anilines is 1. The minimum Gasteiger partial charge on any atom is -0.444 e. The average molecular weight is 320 g/mol. The van der Waals surface area contributed by atoms with E-state index in [1.54, 1.807) is 4.90 Å². The Bertz CT molecular complexity index is 496. The third-order valence-corrected chi connectivity index (χ3v) is 3.45. The lowest BCUT2D eigenvalue weighted by Gasteiger charge is -2.37. The fourth-order valence-electron chi connectivity index (χ4n) is 2.19. The summed E-state index contributed by atoms with van der Waals surface area (Å²) in [6.45, 7) is 15.1. The summed E-state index contributed by atoms with van der Waals surface area (Å²) in [4.78, 5) is 14.2. The summed E-state index contributed by atoms with van der Waals surface area (Å²) in [5.41, 5.74) is 1.63. The van der Waals surface area contributed by atoms with Crippen LogP contribution >= 0.6 is 0 Å². The van der Waals surface area contributed by atoms with Gasteiger partial charge in [-0.1, -0.05) is 19.1 Å². The van der Waals surface area contributed by atoms with Crippen molar-refractivity contribution in [1.82, 2.24) is 4.90 Å². The fourth-order valence-corrected chi connectivity index (χ4v) is 2.19. The molecule has 0 atom stereocenters. The smallest absolute Gasteiger partial charge is 0.410 e. The standard InChI is InChI=1S/C19H32N2O2/c1-8-15-9-11-16(12-10-15)20-13-14-21(18(2,3)4)17(22)23-19(5,6)7/h9-12,20H,8,13-14H2,1-7H3. The number of nitrogens with one attached hydrogen (secondary N) is 1. The third kappa shape index (κ3) is 6.93. The van der Waals surface area contributed by atoms with Crippen molar-refractivity contribution < 1.29 is 9.53 Å². The summed E-state index contributed by atoms with van der Waals surface area (Å²) in [5, 5.41) is 3.37. The number of ether oxygens (including phenoxy) is 1. The van der Waals surface area contributed by atoms with E-state index < -0.39 is 5.60 Å². The monoisotopic (exact) mass is 320 g/mol. The van der Waals surface area contributed by atoms with Crippen LogP contribution in [0, 0.1) is 0 Å². The molecule has 23 heavy (non-hydrogen) atoms. The van der Waals surface area contributed by atoms with Crippen molar-refractivity contribution >= 4 is 11.8 Å². The van der Waals surface area contributed by atoms with Gasteiger partial charge in [0, 0.05) is 24.3 Å². The molecule has 0 aliphatic rings. The van der Waals surface area contributed by atoms with E-state index in [0.717, 1.165) is 12.1 Å². The van der Waals surface area contributed by atoms with E-state index in [4.69, 9.17) is 4.74 Å². The highest BCUT2D eigenvalue weighted by molar-refractivity contribution is 5.69. The summed E-state index contributed by atoms with van der Waals surface area (Å²) in [6.07, 6.45) is 0.768. The summed E-state index contributed by atoms with van der Waals surface area (Å²) in [6, 6.07) is 8.40. The Morgan fingerprint density at radius 3 is 2.09 bits per heavy atom. The van der Waals surface area contributed by atoms with Gasteiger partial charge in [0.25, 0.3) is 0 Å². The van der Waals surface area contributed by atoms with Gasteiger partial charge in [-0.3, -0.25) is 0 Å². The quantitative estimate of drug-likeness (QED) is 0.855. The fraction of sp³-hybridized carbons (Fsp3) is 0.632. The molecule has 0 heterocycles. The van der Waals surface area contributed by atoms with Crippen LogP contribution in [0.2, 0.25) is 0 Å². The van der Waals surface area contributed by atoms with Gasteiger partial charge in [0.2, 0.25) is 0 Å². The van der Waals surface area contributed by atoms with Crippen molar-refractivity contribution in [2.45, 2.75) is 66.0 Å². The molecule has 1 aromatic carbocycles. The Balaban J connectivity index is 2.62. The maximum atomic E-state index is 12.4. The number of carbonyl (C=O) groups is 1. The van der Waals surface area contributed by atoms with E-state index in [2.05, 4.69) is 36.5 Å². The number of carbonyl (C=O) groups excluding carboxylic acids is 1. The highest BCUT2D eigenvalue weighted by atomic mass is 16.6. The minimum absolute atomic E-state index is 0.270. The number of amides is 1. The van der Waals surface area contributed by atoms with Crippen molar-refractivity contribution in [3.63, 3.8) is 0 Å². The molecule has 0 unspecified atom stereocenters. The first kappa shape index (κ1) is 19.3. The molecule has 130 valence electrons. The number of benzene rings is 1. The molecule has 0 aliphatic carbocycles. The van der Waals surface area contributed by atoms with Crippen LogP contribution in [-0.4, -0.2) is 35.2 Å². The SMILES string of the molecule is CCc1ccc(NCCN(C(=O)OC(C)(C)C)C(C)(C)C)cc1. The molecule has 0 radical (unpaired) electrons. The Kier molecular flexibility index (Phi) is 6.48. The molecule has 0 saturated heterocycles. The number of nitrogens with zero attached hydrogens (tertiary/aromatic N) is 1. The molecular formula is C19H32N2O2. The first-order chi connectivity index (χ1) is 10.5. The van der Waals surface area contributed by atoms with E-state index in [1.807, 2.05) is 41.5 Å². The first-order valence-corrected chi connectivity index (χ1v) is 8.36. The molecule has 0 aromatic heterocycles. The predicted octanol–water partition coefficient (Wildman–Crippen LogP) is 4.70. The van der Waals surface area contributed by atoms with Gasteiger partial charge in [0.15, 0.2) is 0 Å². The summed E-state index contributed by atoms with van der Waals surface area (Å²) >= 11 is 0. The van der Waals surface area contributed by atoms with E-state index >= 15 is 0 Å². The number of hydrogen-bond acceptors (Lipinski definition) is 3. The van der Waals surface area contributed by atoms with Gasteiger partial charge in [0.1, 0.15) is 5.60 Å². The third-order valence-electron chi connectivity index (χ3n) is 3.45.